The Morgan fingerprint density at radius 2 is 1.91 bits per heavy atom. The Morgan fingerprint density at radius 3 is 2.36 bits per heavy atom. The Balaban J connectivity index is 0. The molecule has 0 saturated carbocycles. The standard InChI is InChI=1S/C6H14N2O2.ClH/c7-3-1-2-4-10-6(9)5-8;/h1-5,7-8H2;1H. The van der Waals surface area contributed by atoms with Gasteiger partial charge in [0.2, 0.25) is 0 Å². The molecule has 0 aromatic carbocycles. The predicted molar refractivity (Wildman–Crippen MR) is 45.5 cm³/mol. The van der Waals surface area contributed by atoms with Gasteiger partial charge >= 0.3 is 5.97 Å². The summed E-state index contributed by atoms with van der Waals surface area (Å²) in [7, 11) is 0. The van der Waals surface area contributed by atoms with Gasteiger partial charge in [-0.2, -0.15) is 0 Å². The third-order valence-electron chi connectivity index (χ3n) is 1.03. The highest BCUT2D eigenvalue weighted by molar-refractivity contribution is 5.85. The van der Waals surface area contributed by atoms with Crippen molar-refractivity contribution in [2.45, 2.75) is 12.8 Å². The number of carbonyl (C=O) groups excluding carboxylic acids is 1. The third kappa shape index (κ3) is 9.68. The average molecular weight is 183 g/mol. The van der Waals surface area contributed by atoms with E-state index in [4.69, 9.17) is 11.5 Å². The molecule has 0 fully saturated rings. The lowest BCUT2D eigenvalue weighted by molar-refractivity contribution is -0.142. The zero-order chi connectivity index (χ0) is 7.82. The van der Waals surface area contributed by atoms with Gasteiger partial charge in [0.1, 0.15) is 0 Å². The Kier molecular flexibility index (Phi) is 11.7. The molecule has 4 N–H and O–H groups in total. The Bertz CT molecular complexity index is 101. The lowest BCUT2D eigenvalue weighted by Gasteiger charge is -2.00. The summed E-state index contributed by atoms with van der Waals surface area (Å²) < 4.78 is 4.67. The monoisotopic (exact) mass is 182 g/mol. The smallest absolute Gasteiger partial charge is 0.319 e. The quantitative estimate of drug-likeness (QED) is 0.450. The second-order valence-corrected chi connectivity index (χ2v) is 1.92. The van der Waals surface area contributed by atoms with E-state index in [2.05, 4.69) is 4.74 Å². The highest BCUT2D eigenvalue weighted by atomic mass is 35.5. The molecule has 0 heterocycles. The lowest BCUT2D eigenvalue weighted by Crippen LogP contribution is -2.17. The van der Waals surface area contributed by atoms with E-state index in [-0.39, 0.29) is 24.9 Å². The van der Waals surface area contributed by atoms with Crippen LogP contribution in [0.15, 0.2) is 0 Å². The second kappa shape index (κ2) is 9.68. The molecule has 0 saturated heterocycles. The van der Waals surface area contributed by atoms with Crippen molar-refractivity contribution in [3.63, 3.8) is 0 Å². The van der Waals surface area contributed by atoms with Crippen molar-refractivity contribution >= 4 is 18.4 Å². The van der Waals surface area contributed by atoms with Gasteiger partial charge in [-0.25, -0.2) is 0 Å². The predicted octanol–water partition coefficient (Wildman–Crippen LogP) is -0.351. The van der Waals surface area contributed by atoms with Crippen molar-refractivity contribution in [3.05, 3.63) is 0 Å². The van der Waals surface area contributed by atoms with Crippen LogP contribution in [0.3, 0.4) is 0 Å². The first kappa shape index (κ1) is 13.3. The van der Waals surface area contributed by atoms with Crippen LogP contribution >= 0.6 is 12.4 Å². The molecule has 0 atom stereocenters. The van der Waals surface area contributed by atoms with Gasteiger partial charge in [-0.1, -0.05) is 0 Å². The fourth-order valence-corrected chi connectivity index (χ4v) is 0.491. The van der Waals surface area contributed by atoms with Crippen LogP contribution in [0, 0.1) is 0 Å². The first-order valence-corrected chi connectivity index (χ1v) is 3.37. The molecular weight excluding hydrogens is 168 g/mol. The molecule has 0 unspecified atom stereocenters. The number of halogens is 1. The molecule has 4 nitrogen and oxygen atoms in total. The summed E-state index contributed by atoms with van der Waals surface area (Å²) in [4.78, 5) is 10.4. The maximum Gasteiger partial charge on any atom is 0.319 e. The summed E-state index contributed by atoms with van der Waals surface area (Å²) in [6, 6.07) is 0. The minimum Gasteiger partial charge on any atom is -0.465 e. The van der Waals surface area contributed by atoms with Gasteiger partial charge in [0.25, 0.3) is 0 Å². The van der Waals surface area contributed by atoms with E-state index in [0.717, 1.165) is 12.8 Å². The summed E-state index contributed by atoms with van der Waals surface area (Å²) in [5.41, 5.74) is 10.2. The number of unbranched alkanes of at least 4 members (excludes halogenated alkanes) is 1. The van der Waals surface area contributed by atoms with Crippen LogP contribution in [0.1, 0.15) is 12.8 Å². The summed E-state index contributed by atoms with van der Waals surface area (Å²) in [6.45, 7) is 1.04. The molecule has 0 spiro atoms. The molecule has 0 bridgehead atoms. The summed E-state index contributed by atoms with van der Waals surface area (Å²) in [5, 5.41) is 0. The Labute approximate surface area is 72.7 Å². The van der Waals surface area contributed by atoms with Crippen LogP contribution in [0.5, 0.6) is 0 Å². The fourth-order valence-electron chi connectivity index (χ4n) is 0.491. The Hall–Kier alpha value is -0.320. The van der Waals surface area contributed by atoms with Gasteiger partial charge in [-0.05, 0) is 19.4 Å². The number of hydrogen-bond donors (Lipinski definition) is 2. The molecule has 5 heteroatoms. The molecular formula is C6H15ClN2O2. The molecule has 68 valence electrons. The first-order chi connectivity index (χ1) is 4.81. The van der Waals surface area contributed by atoms with Crippen molar-refractivity contribution in [3.8, 4) is 0 Å². The number of ether oxygens (including phenoxy) is 1. The maximum absolute atomic E-state index is 10.4. The van der Waals surface area contributed by atoms with Gasteiger partial charge in [0, 0.05) is 0 Å². The van der Waals surface area contributed by atoms with Crippen LogP contribution in [0.2, 0.25) is 0 Å². The SMILES string of the molecule is Cl.NCCCCOC(=O)CN. The minimum atomic E-state index is -0.350. The zero-order valence-electron chi connectivity index (χ0n) is 6.41. The normalized spacial score (nSPS) is 8.55. The van der Waals surface area contributed by atoms with Gasteiger partial charge in [-0.3, -0.25) is 4.79 Å². The molecule has 0 aromatic rings. The van der Waals surface area contributed by atoms with E-state index in [0.29, 0.717) is 13.2 Å². The second-order valence-electron chi connectivity index (χ2n) is 1.92. The molecule has 0 amide bonds. The minimum absolute atomic E-state index is 0. The number of nitrogens with two attached hydrogens (primary N) is 2. The van der Waals surface area contributed by atoms with E-state index in [1.165, 1.54) is 0 Å². The number of rotatable bonds is 5. The van der Waals surface area contributed by atoms with E-state index in [1.54, 1.807) is 0 Å². The van der Waals surface area contributed by atoms with E-state index < -0.39 is 0 Å². The van der Waals surface area contributed by atoms with Gasteiger partial charge in [0.15, 0.2) is 0 Å². The molecule has 11 heavy (non-hydrogen) atoms. The van der Waals surface area contributed by atoms with Crippen LogP contribution < -0.4 is 11.5 Å². The molecule has 0 aliphatic heterocycles. The molecule has 0 aliphatic rings. The molecule has 0 rings (SSSR count). The van der Waals surface area contributed by atoms with Crippen molar-refractivity contribution in [1.29, 1.82) is 0 Å². The van der Waals surface area contributed by atoms with Crippen molar-refractivity contribution < 1.29 is 9.53 Å². The average Bonchev–Trinajstić information content (AvgIpc) is 1.98. The van der Waals surface area contributed by atoms with Crippen LogP contribution in [0.25, 0.3) is 0 Å². The fraction of sp³-hybridized carbons (Fsp3) is 0.833. The first-order valence-electron chi connectivity index (χ1n) is 3.37. The van der Waals surface area contributed by atoms with E-state index in [9.17, 15) is 4.79 Å². The number of hydrogen-bond acceptors (Lipinski definition) is 4. The zero-order valence-corrected chi connectivity index (χ0v) is 7.23. The van der Waals surface area contributed by atoms with Crippen molar-refractivity contribution in [1.82, 2.24) is 0 Å². The highest BCUT2D eigenvalue weighted by Crippen LogP contribution is 1.86. The highest BCUT2D eigenvalue weighted by Gasteiger charge is 1.95. The van der Waals surface area contributed by atoms with Crippen molar-refractivity contribution in [2.24, 2.45) is 11.5 Å². The molecule has 0 aliphatic carbocycles. The largest absolute Gasteiger partial charge is 0.465 e. The van der Waals surface area contributed by atoms with Gasteiger partial charge in [0.05, 0.1) is 13.2 Å². The van der Waals surface area contributed by atoms with Crippen LogP contribution in [-0.4, -0.2) is 25.7 Å². The summed E-state index contributed by atoms with van der Waals surface area (Å²) in [5.74, 6) is -0.350. The lowest BCUT2D eigenvalue weighted by atomic mass is 10.3. The van der Waals surface area contributed by atoms with E-state index >= 15 is 0 Å². The van der Waals surface area contributed by atoms with E-state index in [1.807, 2.05) is 0 Å². The van der Waals surface area contributed by atoms with Gasteiger partial charge < -0.3 is 16.2 Å². The topological polar surface area (TPSA) is 78.3 Å². The molecule has 0 radical (unpaired) electrons. The molecule has 0 aromatic heterocycles. The third-order valence-corrected chi connectivity index (χ3v) is 1.03. The van der Waals surface area contributed by atoms with Gasteiger partial charge in [-0.15, -0.1) is 12.4 Å². The van der Waals surface area contributed by atoms with Crippen LogP contribution in [0.4, 0.5) is 0 Å². The number of esters is 1. The van der Waals surface area contributed by atoms with Crippen molar-refractivity contribution in [2.75, 3.05) is 19.7 Å². The number of carbonyl (C=O) groups is 1. The summed E-state index contributed by atoms with van der Waals surface area (Å²) in [6.07, 6.45) is 1.71. The van der Waals surface area contributed by atoms with Crippen LogP contribution in [-0.2, 0) is 9.53 Å². The summed E-state index contributed by atoms with van der Waals surface area (Å²) >= 11 is 0. The maximum atomic E-state index is 10.4. The Morgan fingerprint density at radius 1 is 1.27 bits per heavy atom.